The highest BCUT2D eigenvalue weighted by molar-refractivity contribution is 7.89. The number of hydrogen-bond donors (Lipinski definition) is 0. The molecule has 0 N–H and O–H groups in total. The predicted molar refractivity (Wildman–Crippen MR) is 275 cm³/mol. The van der Waals surface area contributed by atoms with Crippen LogP contribution in [0.4, 0.5) is 0 Å². The molecule has 68 heavy (non-hydrogen) atoms. The molecule has 6 aromatic rings. The molecule has 0 fully saturated rings. The maximum absolute atomic E-state index is 14.2. The molecule has 0 aromatic heterocycles. The summed E-state index contributed by atoms with van der Waals surface area (Å²) >= 11 is 0. The van der Waals surface area contributed by atoms with E-state index in [1.807, 2.05) is 172 Å². The van der Waals surface area contributed by atoms with E-state index in [0.29, 0.717) is 12.8 Å². The molecule has 0 aliphatic carbocycles. The van der Waals surface area contributed by atoms with E-state index in [2.05, 4.69) is 13.2 Å². The van der Waals surface area contributed by atoms with Crippen LogP contribution in [-0.2, 0) is 46.2 Å². The highest BCUT2D eigenvalue weighted by Crippen LogP contribution is 2.38. The number of methoxy groups -OCH3 is 4. The summed E-state index contributed by atoms with van der Waals surface area (Å²) in [5.41, 5.74) is 5.13. The first-order chi connectivity index (χ1) is 32.8. The topological polar surface area (TPSA) is 112 Å². The standard InChI is InChI=1S/2C28H33NO4S/c2*1-5-9-22(2)28(25-10-7-6-8-11-25)34(30,31)29(20-23-12-16-26(32-3)17-13-23)21-24-14-18-27(33-4)19-15-24/h2*5-8,10-19,22,28H,1,9,20-21H2,2-4H3/t22-,28+;22-,28-/m00/s1. The number of allylic oxidation sites excluding steroid dienone is 2. The summed E-state index contributed by atoms with van der Waals surface area (Å²) in [6.45, 7) is 12.6. The summed E-state index contributed by atoms with van der Waals surface area (Å²) in [5.74, 6) is 2.65. The predicted octanol–water partition coefficient (Wildman–Crippen LogP) is 12.0. The minimum absolute atomic E-state index is 0.140. The van der Waals surface area contributed by atoms with E-state index < -0.39 is 30.5 Å². The van der Waals surface area contributed by atoms with Crippen molar-refractivity contribution in [3.8, 4) is 23.0 Å². The van der Waals surface area contributed by atoms with Crippen LogP contribution in [0.25, 0.3) is 0 Å². The number of rotatable bonds is 24. The first kappa shape index (κ1) is 52.8. The molecule has 0 aliphatic rings. The van der Waals surface area contributed by atoms with Crippen LogP contribution in [0.3, 0.4) is 0 Å². The van der Waals surface area contributed by atoms with E-state index in [1.165, 1.54) is 0 Å². The van der Waals surface area contributed by atoms with Gasteiger partial charge in [-0.1, -0.05) is 135 Å². The number of nitrogens with zero attached hydrogens (tertiary/aromatic N) is 2. The smallest absolute Gasteiger partial charge is 0.222 e. The number of sulfonamides is 2. The Kier molecular flexibility index (Phi) is 20.0. The zero-order chi connectivity index (χ0) is 49.1. The zero-order valence-corrected chi connectivity index (χ0v) is 41.7. The second-order valence-corrected chi connectivity index (χ2v) is 20.8. The quantitative estimate of drug-likeness (QED) is 0.0552. The largest absolute Gasteiger partial charge is 0.497 e. The average Bonchev–Trinajstić information content (AvgIpc) is 3.35. The van der Waals surface area contributed by atoms with Gasteiger partial charge in [-0.05, 0) is 107 Å². The normalized spacial score (nSPS) is 13.3. The Hall–Kier alpha value is -6.18. The lowest BCUT2D eigenvalue weighted by Gasteiger charge is -2.31. The maximum Gasteiger partial charge on any atom is 0.222 e. The molecule has 0 aliphatic heterocycles. The van der Waals surface area contributed by atoms with Crippen LogP contribution in [0.5, 0.6) is 23.0 Å². The van der Waals surface area contributed by atoms with Gasteiger partial charge in [-0.2, -0.15) is 8.61 Å². The maximum atomic E-state index is 14.2. The van der Waals surface area contributed by atoms with Gasteiger partial charge in [0.1, 0.15) is 33.5 Å². The van der Waals surface area contributed by atoms with Crippen LogP contribution in [0.2, 0.25) is 0 Å². The summed E-state index contributed by atoms with van der Waals surface area (Å²) in [5, 5.41) is -1.38. The van der Waals surface area contributed by atoms with Crippen molar-refractivity contribution in [1.29, 1.82) is 0 Å². The summed E-state index contributed by atoms with van der Waals surface area (Å²) < 4.78 is 81.2. The fourth-order valence-electron chi connectivity index (χ4n) is 8.18. The molecule has 0 unspecified atom stereocenters. The Morgan fingerprint density at radius 3 is 0.853 bits per heavy atom. The van der Waals surface area contributed by atoms with Crippen LogP contribution < -0.4 is 18.9 Å². The molecule has 0 bridgehead atoms. The van der Waals surface area contributed by atoms with Crippen molar-refractivity contribution in [2.24, 2.45) is 11.8 Å². The van der Waals surface area contributed by atoms with Gasteiger partial charge in [-0.15, -0.1) is 13.2 Å². The van der Waals surface area contributed by atoms with Crippen LogP contribution in [0, 0.1) is 11.8 Å². The van der Waals surface area contributed by atoms with Gasteiger partial charge in [0.25, 0.3) is 0 Å². The molecule has 10 nitrogen and oxygen atoms in total. The van der Waals surface area contributed by atoms with E-state index in [4.69, 9.17) is 18.9 Å². The Morgan fingerprint density at radius 2 is 0.647 bits per heavy atom. The zero-order valence-electron chi connectivity index (χ0n) is 40.1. The lowest BCUT2D eigenvalue weighted by atomic mass is 9.97. The van der Waals surface area contributed by atoms with Crippen LogP contribution in [0.15, 0.2) is 183 Å². The molecule has 360 valence electrons. The van der Waals surface area contributed by atoms with Crippen molar-refractivity contribution in [3.05, 3.63) is 216 Å². The molecule has 0 saturated carbocycles. The summed E-state index contributed by atoms with van der Waals surface area (Å²) in [6, 6.07) is 48.9. The fourth-order valence-corrected chi connectivity index (χ4v) is 12.5. The van der Waals surface area contributed by atoms with Gasteiger partial charge in [0.2, 0.25) is 20.0 Å². The van der Waals surface area contributed by atoms with Crippen molar-refractivity contribution in [1.82, 2.24) is 8.61 Å². The third-order valence-corrected chi connectivity index (χ3v) is 16.5. The van der Waals surface area contributed by atoms with E-state index in [9.17, 15) is 16.8 Å². The van der Waals surface area contributed by atoms with Crippen LogP contribution >= 0.6 is 0 Å². The molecule has 6 aromatic carbocycles. The van der Waals surface area contributed by atoms with Gasteiger partial charge < -0.3 is 18.9 Å². The second kappa shape index (κ2) is 25.8. The highest BCUT2D eigenvalue weighted by atomic mass is 32.2. The minimum atomic E-state index is -3.74. The Balaban J connectivity index is 0.000000254. The number of benzene rings is 6. The van der Waals surface area contributed by atoms with E-state index in [-0.39, 0.29) is 38.0 Å². The second-order valence-electron chi connectivity index (χ2n) is 16.7. The highest BCUT2D eigenvalue weighted by Gasteiger charge is 2.38. The molecule has 12 heteroatoms. The van der Waals surface area contributed by atoms with E-state index >= 15 is 0 Å². The van der Waals surface area contributed by atoms with Gasteiger partial charge >= 0.3 is 0 Å². The van der Waals surface area contributed by atoms with Crippen LogP contribution in [0.1, 0.15) is 70.6 Å². The monoisotopic (exact) mass is 958 g/mol. The Labute approximate surface area is 405 Å². The van der Waals surface area contributed by atoms with Crippen LogP contribution in [-0.4, -0.2) is 53.9 Å². The molecule has 6 rings (SSSR count). The lowest BCUT2D eigenvalue weighted by Crippen LogP contribution is -2.36. The van der Waals surface area contributed by atoms with Gasteiger partial charge in [-0.25, -0.2) is 16.8 Å². The molecule has 0 spiro atoms. The molecular weight excluding hydrogens is 893 g/mol. The number of hydrogen-bond acceptors (Lipinski definition) is 8. The van der Waals surface area contributed by atoms with E-state index in [0.717, 1.165) is 56.4 Å². The molecule has 0 saturated heterocycles. The molecule has 0 radical (unpaired) electrons. The van der Waals surface area contributed by atoms with Gasteiger partial charge in [0.05, 0.1) is 28.4 Å². The van der Waals surface area contributed by atoms with Crippen molar-refractivity contribution in [2.75, 3.05) is 28.4 Å². The first-order valence-corrected chi connectivity index (χ1v) is 25.6. The summed E-state index contributed by atoms with van der Waals surface area (Å²) in [4.78, 5) is 0. The molecule has 0 amide bonds. The van der Waals surface area contributed by atoms with Gasteiger partial charge in [-0.3, -0.25) is 0 Å². The SMILES string of the molecule is C=CC[C@H](C)[C@@H](c1ccccc1)S(=O)(=O)N(Cc1ccc(OC)cc1)Cc1ccc(OC)cc1.C=CC[C@H](C)[C@H](c1ccccc1)S(=O)(=O)N(Cc1ccc(OC)cc1)Cc1ccc(OC)cc1. The third-order valence-electron chi connectivity index (χ3n) is 11.8. The minimum Gasteiger partial charge on any atom is -0.497 e. The van der Waals surface area contributed by atoms with E-state index in [1.54, 1.807) is 49.2 Å². The Morgan fingerprint density at radius 1 is 0.412 bits per heavy atom. The van der Waals surface area contributed by atoms with Gasteiger partial charge in [0.15, 0.2) is 0 Å². The summed E-state index contributed by atoms with van der Waals surface area (Å²) in [6.07, 6.45) is 4.76. The Bertz CT molecular complexity index is 2380. The van der Waals surface area contributed by atoms with Crippen molar-refractivity contribution < 1.29 is 35.8 Å². The average molecular weight is 959 g/mol. The molecule has 4 atom stereocenters. The van der Waals surface area contributed by atoms with Gasteiger partial charge in [0, 0.05) is 26.2 Å². The first-order valence-electron chi connectivity index (χ1n) is 22.6. The van der Waals surface area contributed by atoms with Crippen molar-refractivity contribution in [3.63, 3.8) is 0 Å². The van der Waals surface area contributed by atoms with Crippen molar-refractivity contribution in [2.45, 2.75) is 63.4 Å². The third kappa shape index (κ3) is 14.4. The van der Waals surface area contributed by atoms with Crippen molar-refractivity contribution >= 4 is 20.0 Å². The fraction of sp³-hybridized carbons (Fsp3) is 0.286. The number of ether oxygens (including phenoxy) is 4. The summed E-state index contributed by atoms with van der Waals surface area (Å²) in [7, 11) is -1.04. The molecule has 0 heterocycles. The molecular formula is C56H66N2O8S2. The lowest BCUT2D eigenvalue weighted by molar-refractivity contribution is 0.379.